The summed E-state index contributed by atoms with van der Waals surface area (Å²) < 4.78 is 70.9. The average molecular weight is 655 g/mol. The predicted molar refractivity (Wildman–Crippen MR) is 172 cm³/mol. The first-order valence-electron chi connectivity index (χ1n) is 14.3. The van der Waals surface area contributed by atoms with E-state index in [0.29, 0.717) is 16.6 Å². The van der Waals surface area contributed by atoms with Crippen LogP contribution in [0.2, 0.25) is 0 Å². The number of nitrogens with zero attached hydrogens (tertiary/aromatic N) is 4. The Labute approximate surface area is 266 Å². The van der Waals surface area contributed by atoms with Crippen molar-refractivity contribution in [2.75, 3.05) is 5.73 Å². The van der Waals surface area contributed by atoms with Crippen LogP contribution in [-0.4, -0.2) is 37.9 Å². The molecule has 4 aromatic carbocycles. The third kappa shape index (κ3) is 5.14. The van der Waals surface area contributed by atoms with Gasteiger partial charge in [0.25, 0.3) is 10.0 Å². The lowest BCUT2D eigenvalue weighted by molar-refractivity contribution is -0.137. The third-order valence-corrected chi connectivity index (χ3v) is 9.69. The van der Waals surface area contributed by atoms with Crippen LogP contribution in [-0.2, 0) is 16.2 Å². The zero-order chi connectivity index (χ0) is 33.2. The molecule has 0 aliphatic rings. The molecule has 47 heavy (non-hydrogen) atoms. The number of aromatic amines is 1. The van der Waals surface area contributed by atoms with E-state index in [4.69, 9.17) is 5.73 Å². The number of nitrogens with two attached hydrogens (primary N) is 1. The van der Waals surface area contributed by atoms with Crippen LogP contribution >= 0.6 is 0 Å². The molecule has 0 amide bonds. The van der Waals surface area contributed by atoms with Gasteiger partial charge in [0.05, 0.1) is 44.5 Å². The van der Waals surface area contributed by atoms with E-state index < -0.39 is 27.5 Å². The van der Waals surface area contributed by atoms with Gasteiger partial charge in [-0.3, -0.25) is 4.79 Å². The second-order valence-corrected chi connectivity index (χ2v) is 13.0. The fraction of sp³-hybridized carbons (Fsp3) is 0.0882. The predicted octanol–water partition coefficient (Wildman–Crippen LogP) is 7.06. The van der Waals surface area contributed by atoms with Gasteiger partial charge in [0.2, 0.25) is 5.78 Å². The van der Waals surface area contributed by atoms with E-state index in [2.05, 4.69) is 15.1 Å². The van der Waals surface area contributed by atoms with Crippen molar-refractivity contribution in [3.63, 3.8) is 0 Å². The van der Waals surface area contributed by atoms with E-state index in [-0.39, 0.29) is 33.1 Å². The molecule has 0 saturated heterocycles. The molecule has 0 aliphatic carbocycles. The Bertz CT molecular complexity index is 2480. The number of benzene rings is 4. The van der Waals surface area contributed by atoms with Crippen molar-refractivity contribution in [3.05, 3.63) is 125 Å². The van der Waals surface area contributed by atoms with Crippen LogP contribution in [0.5, 0.6) is 0 Å². The molecule has 3 heterocycles. The van der Waals surface area contributed by atoms with Crippen LogP contribution in [0.15, 0.2) is 102 Å². The summed E-state index contributed by atoms with van der Waals surface area (Å²) in [6.45, 7) is 3.64. The lowest BCUT2D eigenvalue weighted by Gasteiger charge is -2.12. The Hall–Kier alpha value is -5.69. The lowest BCUT2D eigenvalue weighted by Crippen LogP contribution is -2.19. The Kier molecular flexibility index (Phi) is 6.83. The van der Waals surface area contributed by atoms with Crippen LogP contribution in [0.1, 0.15) is 33.0 Å². The molecule has 0 fully saturated rings. The van der Waals surface area contributed by atoms with E-state index in [9.17, 15) is 26.4 Å². The second-order valence-electron chi connectivity index (χ2n) is 11.2. The van der Waals surface area contributed by atoms with Gasteiger partial charge < -0.3 is 10.7 Å². The molecular formula is C34H25F3N6O3S. The summed E-state index contributed by atoms with van der Waals surface area (Å²) >= 11 is 0. The minimum absolute atomic E-state index is 0.0141. The molecular weight excluding hydrogens is 629 g/mol. The van der Waals surface area contributed by atoms with Gasteiger partial charge >= 0.3 is 6.18 Å². The molecule has 0 radical (unpaired) electrons. The van der Waals surface area contributed by atoms with Crippen molar-refractivity contribution in [3.8, 4) is 16.8 Å². The molecule has 3 N–H and O–H groups in total. The Morgan fingerprint density at radius 2 is 1.64 bits per heavy atom. The topological polar surface area (TPSA) is 129 Å². The van der Waals surface area contributed by atoms with Gasteiger partial charge in [0.1, 0.15) is 17.3 Å². The zero-order valence-corrected chi connectivity index (χ0v) is 25.7. The van der Waals surface area contributed by atoms with Crippen LogP contribution in [0.3, 0.4) is 0 Å². The van der Waals surface area contributed by atoms with E-state index in [0.717, 1.165) is 38.5 Å². The van der Waals surface area contributed by atoms with Crippen LogP contribution in [0.25, 0.3) is 38.8 Å². The van der Waals surface area contributed by atoms with Crippen molar-refractivity contribution in [1.82, 2.24) is 23.7 Å². The van der Waals surface area contributed by atoms with Gasteiger partial charge in [-0.05, 0) is 85.6 Å². The molecule has 0 unspecified atom stereocenters. The normalized spacial score (nSPS) is 12.3. The number of imidazole rings is 1. The number of fused-ring (bicyclic) bond motifs is 2. The van der Waals surface area contributed by atoms with Gasteiger partial charge in [-0.25, -0.2) is 22.1 Å². The number of halogens is 3. The van der Waals surface area contributed by atoms with Crippen LogP contribution < -0.4 is 5.73 Å². The highest BCUT2D eigenvalue weighted by Gasteiger charge is 2.31. The first kappa shape index (κ1) is 30.0. The molecule has 13 heteroatoms. The second kappa shape index (κ2) is 10.7. The Balaban J connectivity index is 1.38. The first-order chi connectivity index (χ1) is 22.3. The number of carbonyl (C=O) groups excluding carboxylic acids is 1. The number of ketones is 1. The van der Waals surface area contributed by atoms with Crippen molar-refractivity contribution in [2.45, 2.75) is 24.9 Å². The number of anilines is 1. The molecule has 0 spiro atoms. The average Bonchev–Trinajstić information content (AvgIpc) is 3.73. The van der Waals surface area contributed by atoms with Crippen molar-refractivity contribution in [2.24, 2.45) is 0 Å². The number of carbonyl (C=O) groups is 1. The van der Waals surface area contributed by atoms with Crippen LogP contribution in [0.4, 0.5) is 19.0 Å². The number of aryl methyl sites for hydroxylation is 2. The molecule has 7 aromatic rings. The lowest BCUT2D eigenvalue weighted by atomic mass is 10.0. The number of aromatic nitrogens is 5. The molecule has 236 valence electrons. The number of alkyl halides is 3. The summed E-state index contributed by atoms with van der Waals surface area (Å²) in [7, 11) is -4.34. The van der Waals surface area contributed by atoms with Gasteiger partial charge in [-0.2, -0.15) is 18.3 Å². The van der Waals surface area contributed by atoms with Gasteiger partial charge in [-0.15, -0.1) is 0 Å². The fourth-order valence-corrected chi connectivity index (χ4v) is 7.12. The maximum absolute atomic E-state index is 14.2. The van der Waals surface area contributed by atoms with Gasteiger partial charge in [0, 0.05) is 5.39 Å². The minimum Gasteiger partial charge on any atom is -0.383 e. The largest absolute Gasteiger partial charge is 0.416 e. The van der Waals surface area contributed by atoms with Crippen molar-refractivity contribution < 1.29 is 26.4 Å². The summed E-state index contributed by atoms with van der Waals surface area (Å²) in [5.41, 5.74) is 9.10. The van der Waals surface area contributed by atoms with E-state index >= 15 is 0 Å². The summed E-state index contributed by atoms with van der Waals surface area (Å²) in [5, 5.41) is 4.65. The summed E-state index contributed by atoms with van der Waals surface area (Å²) in [6.07, 6.45) is -3.27. The number of nitrogen functional groups attached to an aromatic ring is 1. The highest BCUT2D eigenvalue weighted by atomic mass is 32.2. The van der Waals surface area contributed by atoms with Crippen molar-refractivity contribution in [1.29, 1.82) is 0 Å². The monoisotopic (exact) mass is 654 g/mol. The standard InChI is InChI=1S/C34H25F3N6O3S/c1-19-6-10-26(11-7-19)47(45,46)43-30-13-8-22(21-4-3-5-24(15-21)34(35,36)37)14-23(30)16-31(43)32(44)27-18-39-42(33(27)38)25-9-12-28-29(17-25)41-20(2)40-28/h3-18H,38H2,1-2H3,(H,40,41). The fourth-order valence-electron chi connectivity index (χ4n) is 5.61. The number of hydrogen-bond donors (Lipinski definition) is 2. The molecule has 3 aromatic heterocycles. The van der Waals surface area contributed by atoms with Crippen molar-refractivity contribution >= 4 is 43.6 Å². The van der Waals surface area contributed by atoms with E-state index in [1.807, 2.05) is 13.8 Å². The summed E-state index contributed by atoms with van der Waals surface area (Å²) in [5.74, 6) is -0.000201. The van der Waals surface area contributed by atoms with E-state index in [1.165, 1.54) is 53.3 Å². The summed E-state index contributed by atoms with van der Waals surface area (Å²) in [4.78, 5) is 21.7. The zero-order valence-electron chi connectivity index (χ0n) is 24.9. The molecule has 0 bridgehead atoms. The molecule has 9 nitrogen and oxygen atoms in total. The number of rotatable bonds is 6. The molecule has 0 atom stereocenters. The number of hydrogen-bond acceptors (Lipinski definition) is 6. The maximum atomic E-state index is 14.2. The summed E-state index contributed by atoms with van der Waals surface area (Å²) in [6, 6.07) is 22.3. The maximum Gasteiger partial charge on any atom is 0.416 e. The van der Waals surface area contributed by atoms with Gasteiger partial charge in [-0.1, -0.05) is 35.9 Å². The van der Waals surface area contributed by atoms with Crippen LogP contribution in [0, 0.1) is 13.8 Å². The smallest absolute Gasteiger partial charge is 0.383 e. The highest BCUT2D eigenvalue weighted by molar-refractivity contribution is 7.90. The molecule has 7 rings (SSSR count). The molecule has 0 saturated carbocycles. The van der Waals surface area contributed by atoms with E-state index in [1.54, 1.807) is 36.4 Å². The Morgan fingerprint density at radius 3 is 2.38 bits per heavy atom. The third-order valence-electron chi connectivity index (χ3n) is 7.95. The minimum atomic E-state index is -4.54. The quantitative estimate of drug-likeness (QED) is 0.185. The first-order valence-corrected chi connectivity index (χ1v) is 15.8. The Morgan fingerprint density at radius 1 is 0.894 bits per heavy atom. The molecule has 0 aliphatic heterocycles. The number of H-pyrrole nitrogens is 1. The number of nitrogens with one attached hydrogen (secondary N) is 1. The highest BCUT2D eigenvalue weighted by Crippen LogP contribution is 2.35. The van der Waals surface area contributed by atoms with Gasteiger partial charge in [0.15, 0.2) is 0 Å². The SMILES string of the molecule is Cc1ccc(S(=O)(=O)n2c(C(=O)c3cnn(-c4ccc5nc(C)[nH]c5c4)c3N)cc3cc(-c4cccc(C(F)(F)F)c4)ccc32)cc1.